The van der Waals surface area contributed by atoms with Crippen molar-refractivity contribution in [2.24, 2.45) is 0 Å². The fraction of sp³-hybridized carbons (Fsp3) is 0.538. The minimum atomic E-state index is 0.786. The molecule has 2 atom stereocenters. The van der Waals surface area contributed by atoms with E-state index in [4.69, 9.17) is 4.74 Å². The van der Waals surface area contributed by atoms with Crippen LogP contribution in [0.15, 0.2) is 18.2 Å². The Labute approximate surface area is 85.1 Å². The van der Waals surface area contributed by atoms with Crippen molar-refractivity contribution in [1.29, 1.82) is 0 Å². The lowest BCUT2D eigenvalue weighted by molar-refractivity contribution is 0.334. The van der Waals surface area contributed by atoms with Gasteiger partial charge in [0.1, 0.15) is 5.75 Å². The minimum absolute atomic E-state index is 0.786. The summed E-state index contributed by atoms with van der Waals surface area (Å²) in [7, 11) is 0. The largest absolute Gasteiger partial charge is 0.494 e. The van der Waals surface area contributed by atoms with Crippen molar-refractivity contribution in [3.05, 3.63) is 29.3 Å². The van der Waals surface area contributed by atoms with E-state index < -0.39 is 0 Å². The maximum atomic E-state index is 5.70. The van der Waals surface area contributed by atoms with E-state index in [-0.39, 0.29) is 0 Å². The molecule has 0 aromatic heterocycles. The summed E-state index contributed by atoms with van der Waals surface area (Å²) in [5, 5.41) is 0. The van der Waals surface area contributed by atoms with Crippen LogP contribution >= 0.6 is 0 Å². The highest BCUT2D eigenvalue weighted by Gasteiger charge is 2.38. The van der Waals surface area contributed by atoms with E-state index >= 15 is 0 Å². The highest BCUT2D eigenvalue weighted by molar-refractivity contribution is 5.49. The Bertz CT molecular complexity index is 356. The van der Waals surface area contributed by atoms with Gasteiger partial charge in [0.25, 0.3) is 0 Å². The van der Waals surface area contributed by atoms with Crippen LogP contribution in [0, 0.1) is 0 Å². The first-order chi connectivity index (χ1) is 6.90. The van der Waals surface area contributed by atoms with Crippen molar-refractivity contribution in [3.63, 3.8) is 0 Å². The molecule has 2 unspecified atom stereocenters. The van der Waals surface area contributed by atoms with E-state index in [1.165, 1.54) is 24.8 Å². The Balaban J connectivity index is 2.09. The van der Waals surface area contributed by atoms with Crippen molar-refractivity contribution in [2.45, 2.75) is 38.0 Å². The zero-order chi connectivity index (χ0) is 9.54. The monoisotopic (exact) mass is 188 g/mol. The van der Waals surface area contributed by atoms with Gasteiger partial charge in [-0.1, -0.05) is 12.1 Å². The summed E-state index contributed by atoms with van der Waals surface area (Å²) < 4.78 is 5.70. The van der Waals surface area contributed by atoms with Crippen molar-refractivity contribution in [1.82, 2.24) is 0 Å². The molecule has 3 rings (SSSR count). The number of benzene rings is 1. The average Bonchev–Trinajstić information content (AvgIpc) is 2.79. The Morgan fingerprint density at radius 3 is 3.00 bits per heavy atom. The second-order valence-corrected chi connectivity index (χ2v) is 4.40. The molecule has 1 saturated carbocycles. The van der Waals surface area contributed by atoms with Crippen LogP contribution in [-0.4, -0.2) is 6.61 Å². The molecule has 2 bridgehead atoms. The maximum Gasteiger partial charge on any atom is 0.123 e. The number of fused-ring (bicyclic) bond motifs is 5. The van der Waals surface area contributed by atoms with Gasteiger partial charge in [-0.3, -0.25) is 0 Å². The molecule has 1 heteroatoms. The summed E-state index contributed by atoms with van der Waals surface area (Å²) >= 11 is 0. The van der Waals surface area contributed by atoms with Crippen LogP contribution in [0.2, 0.25) is 0 Å². The molecule has 0 aliphatic heterocycles. The standard InChI is InChI=1S/C13H16O/c1-2-14-12-5-3-4-11-9-6-7-10(8-9)13(11)12/h3-5,9-10H,2,6-8H2,1H3. The second kappa shape index (κ2) is 3.01. The van der Waals surface area contributed by atoms with E-state index in [9.17, 15) is 0 Å². The summed E-state index contributed by atoms with van der Waals surface area (Å²) in [5.41, 5.74) is 3.11. The Hall–Kier alpha value is -0.980. The lowest BCUT2D eigenvalue weighted by Crippen LogP contribution is -2.02. The number of rotatable bonds is 2. The number of hydrogen-bond acceptors (Lipinski definition) is 1. The lowest BCUT2D eigenvalue weighted by Gasteiger charge is -2.18. The third-order valence-corrected chi connectivity index (χ3v) is 3.68. The van der Waals surface area contributed by atoms with Crippen LogP contribution in [0.5, 0.6) is 5.75 Å². The van der Waals surface area contributed by atoms with Crippen LogP contribution in [0.1, 0.15) is 49.1 Å². The van der Waals surface area contributed by atoms with E-state index in [0.29, 0.717) is 0 Å². The van der Waals surface area contributed by atoms with Crippen LogP contribution < -0.4 is 4.74 Å². The van der Waals surface area contributed by atoms with Crippen LogP contribution in [0.4, 0.5) is 0 Å². The Morgan fingerprint density at radius 2 is 2.14 bits per heavy atom. The highest BCUT2D eigenvalue weighted by atomic mass is 16.5. The molecule has 0 spiro atoms. The predicted octanol–water partition coefficient (Wildman–Crippen LogP) is 3.45. The molecule has 1 fully saturated rings. The SMILES string of the molecule is CCOc1cccc2c1C1CCC2C1. The van der Waals surface area contributed by atoms with Gasteiger partial charge in [-0.15, -0.1) is 0 Å². The first-order valence-corrected chi connectivity index (χ1v) is 5.65. The zero-order valence-electron chi connectivity index (χ0n) is 8.62. The molecular weight excluding hydrogens is 172 g/mol. The first kappa shape index (κ1) is 8.34. The zero-order valence-corrected chi connectivity index (χ0v) is 8.62. The molecule has 1 aromatic carbocycles. The van der Waals surface area contributed by atoms with Crippen molar-refractivity contribution >= 4 is 0 Å². The predicted molar refractivity (Wildman–Crippen MR) is 56.9 cm³/mol. The van der Waals surface area contributed by atoms with Gasteiger partial charge in [-0.2, -0.15) is 0 Å². The highest BCUT2D eigenvalue weighted by Crippen LogP contribution is 2.55. The summed E-state index contributed by atoms with van der Waals surface area (Å²) in [4.78, 5) is 0. The third kappa shape index (κ3) is 1.01. The molecular formula is C13H16O. The van der Waals surface area contributed by atoms with Crippen molar-refractivity contribution in [3.8, 4) is 5.75 Å². The first-order valence-electron chi connectivity index (χ1n) is 5.65. The molecule has 0 amide bonds. The normalized spacial score (nSPS) is 27.8. The van der Waals surface area contributed by atoms with Crippen LogP contribution in [0.25, 0.3) is 0 Å². The van der Waals surface area contributed by atoms with E-state index in [0.717, 1.165) is 24.2 Å². The van der Waals surface area contributed by atoms with Crippen LogP contribution in [-0.2, 0) is 0 Å². The van der Waals surface area contributed by atoms with E-state index in [1.807, 2.05) is 0 Å². The Kier molecular flexibility index (Phi) is 1.79. The second-order valence-electron chi connectivity index (χ2n) is 4.40. The van der Waals surface area contributed by atoms with Gasteiger partial charge in [-0.05, 0) is 49.7 Å². The molecule has 14 heavy (non-hydrogen) atoms. The topological polar surface area (TPSA) is 9.23 Å². The van der Waals surface area contributed by atoms with Gasteiger partial charge in [0.15, 0.2) is 0 Å². The number of hydrogen-bond donors (Lipinski definition) is 0. The molecule has 0 N–H and O–H groups in total. The van der Waals surface area contributed by atoms with E-state index in [2.05, 4.69) is 25.1 Å². The van der Waals surface area contributed by atoms with Gasteiger partial charge in [0, 0.05) is 5.56 Å². The maximum absolute atomic E-state index is 5.70. The van der Waals surface area contributed by atoms with Crippen LogP contribution in [0.3, 0.4) is 0 Å². The number of ether oxygens (including phenoxy) is 1. The van der Waals surface area contributed by atoms with E-state index in [1.54, 1.807) is 5.56 Å². The third-order valence-electron chi connectivity index (χ3n) is 3.68. The Morgan fingerprint density at radius 1 is 1.29 bits per heavy atom. The van der Waals surface area contributed by atoms with Gasteiger partial charge in [0.2, 0.25) is 0 Å². The molecule has 0 radical (unpaired) electrons. The summed E-state index contributed by atoms with van der Waals surface area (Å²) in [6, 6.07) is 6.56. The lowest BCUT2D eigenvalue weighted by atomic mass is 9.91. The smallest absolute Gasteiger partial charge is 0.123 e. The minimum Gasteiger partial charge on any atom is -0.494 e. The summed E-state index contributed by atoms with van der Waals surface area (Å²) in [6.45, 7) is 2.85. The molecule has 74 valence electrons. The van der Waals surface area contributed by atoms with Gasteiger partial charge in [-0.25, -0.2) is 0 Å². The summed E-state index contributed by atoms with van der Waals surface area (Å²) in [5.74, 6) is 2.80. The average molecular weight is 188 g/mol. The van der Waals surface area contributed by atoms with Gasteiger partial charge in [0.05, 0.1) is 6.61 Å². The quantitative estimate of drug-likeness (QED) is 0.690. The summed E-state index contributed by atoms with van der Waals surface area (Å²) in [6.07, 6.45) is 4.15. The van der Waals surface area contributed by atoms with Gasteiger partial charge >= 0.3 is 0 Å². The fourth-order valence-corrected chi connectivity index (χ4v) is 3.16. The fourth-order valence-electron chi connectivity index (χ4n) is 3.16. The van der Waals surface area contributed by atoms with Gasteiger partial charge < -0.3 is 4.74 Å². The van der Waals surface area contributed by atoms with Crippen molar-refractivity contribution in [2.75, 3.05) is 6.61 Å². The molecule has 2 aliphatic carbocycles. The molecule has 0 saturated heterocycles. The molecule has 1 nitrogen and oxygen atoms in total. The molecule has 2 aliphatic rings. The molecule has 0 heterocycles. The molecule has 1 aromatic rings. The van der Waals surface area contributed by atoms with Crippen molar-refractivity contribution < 1.29 is 4.74 Å².